The molecule has 0 bridgehead atoms. The standard InChI is InChI=1S/C44H91N/c1-6-9-12-15-18-20-22-24-26-28-30-33-36-39-42-45(44(4,5)41-38-35-32-17-14-11-8-3)43-40-37-34-31-29-27-25-23-21-19-16-13-10-7-2/h6-43H2,1-5H3. The minimum atomic E-state index is 0.372. The van der Waals surface area contributed by atoms with Crippen LogP contribution in [0.1, 0.15) is 266 Å². The van der Waals surface area contributed by atoms with Gasteiger partial charge in [-0.25, -0.2) is 0 Å². The second-order valence-corrected chi connectivity index (χ2v) is 15.9. The molecule has 1 heteroatoms. The summed E-state index contributed by atoms with van der Waals surface area (Å²) in [5.41, 5.74) is 0.372. The molecule has 0 fully saturated rings. The monoisotopic (exact) mass is 634 g/mol. The normalized spacial score (nSPS) is 12.1. The second kappa shape index (κ2) is 36.8. The SMILES string of the molecule is CCCCCCCCCCCCCCCCN(CCCCCCCCCCCCCCCC)C(C)(C)CCCCCCCCC. The fourth-order valence-electron chi connectivity index (χ4n) is 7.38. The van der Waals surface area contributed by atoms with Gasteiger partial charge in [-0.2, -0.15) is 0 Å². The van der Waals surface area contributed by atoms with E-state index in [0.717, 1.165) is 0 Å². The van der Waals surface area contributed by atoms with E-state index in [1.807, 2.05) is 0 Å². The summed E-state index contributed by atoms with van der Waals surface area (Å²) in [6.07, 6.45) is 52.2. The zero-order valence-electron chi connectivity index (χ0n) is 32.8. The zero-order chi connectivity index (χ0) is 32.9. The summed E-state index contributed by atoms with van der Waals surface area (Å²) in [7, 11) is 0. The van der Waals surface area contributed by atoms with Gasteiger partial charge in [0, 0.05) is 5.54 Å². The van der Waals surface area contributed by atoms with Crippen molar-refractivity contribution in [2.24, 2.45) is 0 Å². The molecule has 0 saturated carbocycles. The van der Waals surface area contributed by atoms with E-state index in [0.29, 0.717) is 5.54 Å². The highest BCUT2D eigenvalue weighted by atomic mass is 15.2. The van der Waals surface area contributed by atoms with Gasteiger partial charge in [0.15, 0.2) is 0 Å². The summed E-state index contributed by atoms with van der Waals surface area (Å²) < 4.78 is 0. The Morgan fingerprint density at radius 1 is 0.267 bits per heavy atom. The molecule has 0 amide bonds. The summed E-state index contributed by atoms with van der Waals surface area (Å²) in [6, 6.07) is 0. The number of unbranched alkanes of at least 4 members (excludes halogenated alkanes) is 32. The Balaban J connectivity index is 4.12. The molecule has 45 heavy (non-hydrogen) atoms. The van der Waals surface area contributed by atoms with Crippen molar-refractivity contribution < 1.29 is 0 Å². The first-order chi connectivity index (χ1) is 22.1. The van der Waals surface area contributed by atoms with Gasteiger partial charge in [-0.15, -0.1) is 0 Å². The van der Waals surface area contributed by atoms with E-state index in [2.05, 4.69) is 39.5 Å². The van der Waals surface area contributed by atoms with Crippen LogP contribution in [0.4, 0.5) is 0 Å². The third kappa shape index (κ3) is 33.6. The van der Waals surface area contributed by atoms with E-state index in [9.17, 15) is 0 Å². The van der Waals surface area contributed by atoms with Crippen LogP contribution < -0.4 is 0 Å². The van der Waals surface area contributed by atoms with Gasteiger partial charge < -0.3 is 0 Å². The fraction of sp³-hybridized carbons (Fsp3) is 1.00. The zero-order valence-corrected chi connectivity index (χ0v) is 32.8. The first kappa shape index (κ1) is 45.0. The summed E-state index contributed by atoms with van der Waals surface area (Å²) in [5.74, 6) is 0. The van der Waals surface area contributed by atoms with Crippen molar-refractivity contribution >= 4 is 0 Å². The van der Waals surface area contributed by atoms with E-state index < -0.39 is 0 Å². The fourth-order valence-corrected chi connectivity index (χ4v) is 7.38. The van der Waals surface area contributed by atoms with Crippen molar-refractivity contribution in [2.45, 2.75) is 271 Å². The lowest BCUT2D eigenvalue weighted by atomic mass is 9.93. The first-order valence-electron chi connectivity index (χ1n) is 21.8. The minimum absolute atomic E-state index is 0.372. The van der Waals surface area contributed by atoms with Crippen LogP contribution in [0.3, 0.4) is 0 Å². The predicted molar refractivity (Wildman–Crippen MR) is 209 cm³/mol. The second-order valence-electron chi connectivity index (χ2n) is 15.9. The van der Waals surface area contributed by atoms with Crippen LogP contribution in [-0.2, 0) is 0 Å². The van der Waals surface area contributed by atoms with Gasteiger partial charge in [-0.05, 0) is 46.2 Å². The largest absolute Gasteiger partial charge is 0.298 e. The molecule has 0 atom stereocenters. The summed E-state index contributed by atoms with van der Waals surface area (Å²) in [4.78, 5) is 2.92. The van der Waals surface area contributed by atoms with E-state index in [1.54, 1.807) is 0 Å². The number of nitrogens with zero attached hydrogens (tertiary/aromatic N) is 1. The number of hydrogen-bond donors (Lipinski definition) is 0. The van der Waals surface area contributed by atoms with E-state index in [-0.39, 0.29) is 0 Å². The highest BCUT2D eigenvalue weighted by Crippen LogP contribution is 2.25. The third-order valence-corrected chi connectivity index (χ3v) is 10.8. The highest BCUT2D eigenvalue weighted by Gasteiger charge is 2.25. The lowest BCUT2D eigenvalue weighted by Crippen LogP contribution is -2.45. The molecule has 0 aromatic rings. The highest BCUT2D eigenvalue weighted by molar-refractivity contribution is 4.81. The summed E-state index contributed by atoms with van der Waals surface area (Å²) >= 11 is 0. The molecule has 0 aliphatic heterocycles. The summed E-state index contributed by atoms with van der Waals surface area (Å²) in [6.45, 7) is 14.8. The Bertz CT molecular complexity index is 493. The van der Waals surface area contributed by atoms with E-state index in [1.165, 1.54) is 244 Å². The Morgan fingerprint density at radius 3 is 0.711 bits per heavy atom. The predicted octanol–water partition coefficient (Wildman–Crippen LogP) is 16.2. The van der Waals surface area contributed by atoms with Crippen LogP contribution in [0.25, 0.3) is 0 Å². The van der Waals surface area contributed by atoms with Crippen molar-refractivity contribution in [2.75, 3.05) is 13.1 Å². The van der Waals surface area contributed by atoms with Crippen LogP contribution in [0.15, 0.2) is 0 Å². The topological polar surface area (TPSA) is 3.24 Å². The lowest BCUT2D eigenvalue weighted by Gasteiger charge is -2.39. The molecule has 272 valence electrons. The average molecular weight is 634 g/mol. The van der Waals surface area contributed by atoms with Crippen LogP contribution in [0, 0.1) is 0 Å². The molecule has 0 N–H and O–H groups in total. The van der Waals surface area contributed by atoms with Gasteiger partial charge in [0.25, 0.3) is 0 Å². The molecule has 0 radical (unpaired) electrons. The van der Waals surface area contributed by atoms with Gasteiger partial charge in [0.05, 0.1) is 0 Å². The van der Waals surface area contributed by atoms with Crippen molar-refractivity contribution in [3.8, 4) is 0 Å². The number of rotatable bonds is 39. The third-order valence-electron chi connectivity index (χ3n) is 10.8. The maximum Gasteiger partial charge on any atom is 0.0153 e. The van der Waals surface area contributed by atoms with Crippen LogP contribution in [0.2, 0.25) is 0 Å². The smallest absolute Gasteiger partial charge is 0.0153 e. The van der Waals surface area contributed by atoms with Crippen LogP contribution >= 0.6 is 0 Å². The molecule has 0 heterocycles. The molecule has 0 spiro atoms. The molecule has 0 aliphatic carbocycles. The molecule has 1 nitrogen and oxygen atoms in total. The molecular formula is C44H91N. The van der Waals surface area contributed by atoms with Crippen molar-refractivity contribution in [3.63, 3.8) is 0 Å². The molecule has 0 unspecified atom stereocenters. The molecule has 0 aromatic carbocycles. The first-order valence-corrected chi connectivity index (χ1v) is 21.8. The maximum absolute atomic E-state index is 2.92. The minimum Gasteiger partial charge on any atom is -0.298 e. The Kier molecular flexibility index (Phi) is 36.8. The Labute approximate surface area is 288 Å². The lowest BCUT2D eigenvalue weighted by molar-refractivity contribution is 0.102. The summed E-state index contributed by atoms with van der Waals surface area (Å²) in [5, 5.41) is 0. The Morgan fingerprint density at radius 2 is 0.467 bits per heavy atom. The Hall–Kier alpha value is -0.0400. The van der Waals surface area contributed by atoms with Gasteiger partial charge in [-0.1, -0.05) is 233 Å². The molecule has 0 aliphatic rings. The number of hydrogen-bond acceptors (Lipinski definition) is 1. The molecule has 0 saturated heterocycles. The maximum atomic E-state index is 2.92. The van der Waals surface area contributed by atoms with Gasteiger partial charge in [0.2, 0.25) is 0 Å². The van der Waals surface area contributed by atoms with Crippen LogP contribution in [-0.4, -0.2) is 23.5 Å². The van der Waals surface area contributed by atoms with Crippen molar-refractivity contribution in [1.82, 2.24) is 4.90 Å². The van der Waals surface area contributed by atoms with Crippen molar-refractivity contribution in [3.05, 3.63) is 0 Å². The van der Waals surface area contributed by atoms with Gasteiger partial charge in [-0.3, -0.25) is 4.90 Å². The van der Waals surface area contributed by atoms with Crippen LogP contribution in [0.5, 0.6) is 0 Å². The quantitative estimate of drug-likeness (QED) is 0.0609. The van der Waals surface area contributed by atoms with Crippen molar-refractivity contribution in [1.29, 1.82) is 0 Å². The van der Waals surface area contributed by atoms with E-state index in [4.69, 9.17) is 0 Å². The average Bonchev–Trinajstić information content (AvgIpc) is 3.03. The molecule has 0 aromatic heterocycles. The molecular weight excluding hydrogens is 542 g/mol. The molecule has 0 rings (SSSR count). The van der Waals surface area contributed by atoms with Gasteiger partial charge in [0.1, 0.15) is 0 Å². The van der Waals surface area contributed by atoms with Gasteiger partial charge >= 0.3 is 0 Å². The van der Waals surface area contributed by atoms with E-state index >= 15 is 0 Å².